The molecule has 2 aliphatic carbocycles. The van der Waals surface area contributed by atoms with Crippen LogP contribution in [-0.4, -0.2) is 6.54 Å². The van der Waals surface area contributed by atoms with Crippen molar-refractivity contribution in [3.05, 3.63) is 35.6 Å². The largest absolute Gasteiger partial charge is 0.459 e. The van der Waals surface area contributed by atoms with Crippen molar-refractivity contribution in [2.75, 3.05) is 6.54 Å². The summed E-state index contributed by atoms with van der Waals surface area (Å²) in [6, 6.07) is 9.13. The highest BCUT2D eigenvalue weighted by atomic mass is 16.3. The summed E-state index contributed by atoms with van der Waals surface area (Å²) in [6.07, 6.45) is 4.29. The molecule has 0 saturated heterocycles. The third kappa shape index (κ3) is 1.89. The molecule has 0 bridgehead atoms. The van der Waals surface area contributed by atoms with Gasteiger partial charge in [0.05, 0.1) is 6.04 Å². The van der Waals surface area contributed by atoms with Crippen molar-refractivity contribution in [3.8, 4) is 0 Å². The van der Waals surface area contributed by atoms with Gasteiger partial charge in [-0.3, -0.25) is 0 Å². The molecule has 2 aromatic rings. The van der Waals surface area contributed by atoms with Crippen molar-refractivity contribution in [1.29, 1.82) is 0 Å². The molecule has 2 aliphatic rings. The van der Waals surface area contributed by atoms with Gasteiger partial charge in [0.25, 0.3) is 0 Å². The average molecular weight is 269 g/mol. The fourth-order valence-corrected chi connectivity index (χ4v) is 4.35. The van der Waals surface area contributed by atoms with Gasteiger partial charge in [-0.1, -0.05) is 25.0 Å². The van der Waals surface area contributed by atoms with Gasteiger partial charge >= 0.3 is 0 Å². The molecule has 0 radical (unpaired) electrons. The second-order valence-electron chi connectivity index (χ2n) is 6.56. The van der Waals surface area contributed by atoms with Crippen LogP contribution in [-0.2, 0) is 0 Å². The average Bonchev–Trinajstić information content (AvgIpc) is 2.82. The van der Waals surface area contributed by atoms with Crippen LogP contribution in [0.15, 0.2) is 28.7 Å². The van der Waals surface area contributed by atoms with Crippen LogP contribution in [0.4, 0.5) is 0 Å². The van der Waals surface area contributed by atoms with Gasteiger partial charge in [0, 0.05) is 5.39 Å². The number of hydrogen-bond acceptors (Lipinski definition) is 2. The van der Waals surface area contributed by atoms with Gasteiger partial charge in [0.2, 0.25) is 0 Å². The summed E-state index contributed by atoms with van der Waals surface area (Å²) in [4.78, 5) is 0. The van der Waals surface area contributed by atoms with E-state index in [4.69, 9.17) is 4.42 Å². The van der Waals surface area contributed by atoms with Gasteiger partial charge < -0.3 is 9.73 Å². The maximum absolute atomic E-state index is 6.14. The molecule has 2 heteroatoms. The molecule has 0 amide bonds. The van der Waals surface area contributed by atoms with Crippen LogP contribution < -0.4 is 5.32 Å². The van der Waals surface area contributed by atoms with E-state index in [1.165, 1.54) is 30.2 Å². The Kier molecular flexibility index (Phi) is 2.88. The van der Waals surface area contributed by atoms with Crippen LogP contribution >= 0.6 is 0 Å². The number of benzene rings is 1. The zero-order valence-corrected chi connectivity index (χ0v) is 12.4. The minimum Gasteiger partial charge on any atom is -0.459 e. The maximum Gasteiger partial charge on any atom is 0.134 e. The number of furan rings is 1. The van der Waals surface area contributed by atoms with Crippen molar-refractivity contribution in [1.82, 2.24) is 5.32 Å². The lowest BCUT2D eigenvalue weighted by Crippen LogP contribution is -2.24. The topological polar surface area (TPSA) is 25.2 Å². The standard InChI is InChI=1S/C18H23NO/c1-3-19-18(17-13-5-4-6-14(13)17)16-10-12-9-11(2)7-8-15(12)20-16/h7-10,13-14,17-19H,3-6H2,1-2H3. The highest BCUT2D eigenvalue weighted by Crippen LogP contribution is 2.62. The zero-order chi connectivity index (χ0) is 13.7. The summed E-state index contributed by atoms with van der Waals surface area (Å²) in [6.45, 7) is 5.34. The van der Waals surface area contributed by atoms with Crippen molar-refractivity contribution < 1.29 is 4.42 Å². The Morgan fingerprint density at radius 1 is 1.25 bits per heavy atom. The van der Waals surface area contributed by atoms with E-state index in [0.29, 0.717) is 6.04 Å². The van der Waals surface area contributed by atoms with Crippen molar-refractivity contribution in [3.63, 3.8) is 0 Å². The first-order chi connectivity index (χ1) is 9.78. The molecule has 2 saturated carbocycles. The van der Waals surface area contributed by atoms with Gasteiger partial charge in [-0.25, -0.2) is 0 Å². The molecule has 3 atom stereocenters. The Morgan fingerprint density at radius 2 is 2.05 bits per heavy atom. The molecule has 0 aliphatic heterocycles. The second kappa shape index (κ2) is 4.63. The third-order valence-electron chi connectivity index (χ3n) is 5.28. The van der Waals surface area contributed by atoms with E-state index in [2.05, 4.69) is 43.4 Å². The molecule has 1 aromatic carbocycles. The summed E-state index contributed by atoms with van der Waals surface area (Å²) < 4.78 is 6.14. The smallest absolute Gasteiger partial charge is 0.134 e. The molecule has 106 valence electrons. The normalized spacial score (nSPS) is 29.6. The van der Waals surface area contributed by atoms with Crippen LogP contribution in [0.2, 0.25) is 0 Å². The first-order valence-electron chi connectivity index (χ1n) is 8.01. The number of aryl methyl sites for hydroxylation is 1. The van der Waals surface area contributed by atoms with E-state index in [0.717, 1.165) is 35.6 Å². The molecule has 0 spiro atoms. The number of rotatable bonds is 4. The van der Waals surface area contributed by atoms with Gasteiger partial charge in [-0.15, -0.1) is 0 Å². The molecular formula is C18H23NO. The van der Waals surface area contributed by atoms with Crippen LogP contribution in [0.25, 0.3) is 11.0 Å². The van der Waals surface area contributed by atoms with Gasteiger partial charge in [0.15, 0.2) is 0 Å². The summed E-state index contributed by atoms with van der Waals surface area (Å²) in [5.41, 5.74) is 2.33. The van der Waals surface area contributed by atoms with Crippen molar-refractivity contribution in [2.24, 2.45) is 17.8 Å². The molecule has 1 N–H and O–H groups in total. The Morgan fingerprint density at radius 3 is 2.80 bits per heavy atom. The highest BCUT2D eigenvalue weighted by Gasteiger charge is 2.56. The quantitative estimate of drug-likeness (QED) is 0.887. The SMILES string of the molecule is CCNC(c1cc2cc(C)ccc2o1)C1C2CCCC21. The van der Waals surface area contributed by atoms with Gasteiger partial charge in [-0.2, -0.15) is 0 Å². The maximum atomic E-state index is 6.14. The first-order valence-corrected chi connectivity index (χ1v) is 8.01. The van der Waals surface area contributed by atoms with Crippen LogP contribution in [0.5, 0.6) is 0 Å². The summed E-state index contributed by atoms with van der Waals surface area (Å²) in [5.74, 6) is 3.86. The number of hydrogen-bond donors (Lipinski definition) is 1. The van der Waals surface area contributed by atoms with E-state index >= 15 is 0 Å². The van der Waals surface area contributed by atoms with Gasteiger partial charge in [-0.05, 0) is 62.3 Å². The third-order valence-corrected chi connectivity index (χ3v) is 5.28. The number of fused-ring (bicyclic) bond motifs is 2. The Balaban J connectivity index is 1.67. The van der Waals surface area contributed by atoms with E-state index in [1.807, 2.05) is 0 Å². The Bertz CT molecular complexity index is 619. The molecule has 3 unspecified atom stereocenters. The van der Waals surface area contributed by atoms with Crippen molar-refractivity contribution >= 4 is 11.0 Å². The lowest BCUT2D eigenvalue weighted by atomic mass is 10.0. The van der Waals surface area contributed by atoms with E-state index < -0.39 is 0 Å². The Labute approximate surface area is 120 Å². The molecule has 2 nitrogen and oxygen atoms in total. The van der Waals surface area contributed by atoms with E-state index in [1.54, 1.807) is 0 Å². The Hall–Kier alpha value is -1.28. The lowest BCUT2D eigenvalue weighted by molar-refractivity contribution is 0.364. The van der Waals surface area contributed by atoms with Crippen LogP contribution in [0.3, 0.4) is 0 Å². The number of nitrogens with one attached hydrogen (secondary N) is 1. The summed E-state index contributed by atoms with van der Waals surface area (Å²) in [7, 11) is 0. The predicted molar refractivity (Wildman–Crippen MR) is 81.7 cm³/mol. The fourth-order valence-electron chi connectivity index (χ4n) is 4.35. The molecule has 1 aromatic heterocycles. The summed E-state index contributed by atoms with van der Waals surface area (Å²) in [5, 5.41) is 4.92. The lowest BCUT2D eigenvalue weighted by Gasteiger charge is -2.17. The monoisotopic (exact) mass is 269 g/mol. The molecule has 4 rings (SSSR count). The molecule has 2 fully saturated rings. The molecular weight excluding hydrogens is 246 g/mol. The fraction of sp³-hybridized carbons (Fsp3) is 0.556. The van der Waals surface area contributed by atoms with E-state index in [9.17, 15) is 0 Å². The zero-order valence-electron chi connectivity index (χ0n) is 12.4. The molecule has 20 heavy (non-hydrogen) atoms. The van der Waals surface area contributed by atoms with Gasteiger partial charge in [0.1, 0.15) is 11.3 Å². The first kappa shape index (κ1) is 12.5. The van der Waals surface area contributed by atoms with Crippen LogP contribution in [0.1, 0.15) is 43.6 Å². The minimum absolute atomic E-state index is 0.419. The summed E-state index contributed by atoms with van der Waals surface area (Å²) >= 11 is 0. The highest BCUT2D eigenvalue weighted by molar-refractivity contribution is 5.78. The second-order valence-corrected chi connectivity index (χ2v) is 6.56. The van der Waals surface area contributed by atoms with Crippen molar-refractivity contribution in [2.45, 2.75) is 39.2 Å². The molecule has 1 heterocycles. The minimum atomic E-state index is 0.419. The van der Waals surface area contributed by atoms with E-state index in [-0.39, 0.29) is 0 Å². The predicted octanol–water partition coefficient (Wildman–Crippen LogP) is 4.44. The van der Waals surface area contributed by atoms with Crippen LogP contribution in [0, 0.1) is 24.7 Å².